The highest BCUT2D eigenvalue weighted by Crippen LogP contribution is 2.33. The summed E-state index contributed by atoms with van der Waals surface area (Å²) in [4.78, 5) is 13.2. The molecule has 1 fully saturated rings. The van der Waals surface area contributed by atoms with E-state index in [2.05, 4.69) is 32.7 Å². The van der Waals surface area contributed by atoms with Gasteiger partial charge < -0.3 is 9.64 Å². The van der Waals surface area contributed by atoms with E-state index in [0.29, 0.717) is 5.92 Å². The number of carbonyl (C=O) groups is 1. The van der Waals surface area contributed by atoms with E-state index in [1.165, 1.54) is 6.92 Å². The van der Waals surface area contributed by atoms with Gasteiger partial charge in [0.2, 0.25) is 0 Å². The first-order valence-corrected chi connectivity index (χ1v) is 5.24. The second-order valence-corrected chi connectivity index (χ2v) is 4.80. The minimum atomic E-state index is -0.165. The smallest absolute Gasteiger partial charge is 0.302 e. The van der Waals surface area contributed by atoms with Gasteiger partial charge >= 0.3 is 5.97 Å². The van der Waals surface area contributed by atoms with Gasteiger partial charge in [0, 0.05) is 24.9 Å². The molecular weight excluding hydrogens is 178 g/mol. The number of piperidine rings is 1. The summed E-state index contributed by atoms with van der Waals surface area (Å²) in [5.74, 6) is 0.215. The Morgan fingerprint density at radius 3 is 2.57 bits per heavy atom. The summed E-state index contributed by atoms with van der Waals surface area (Å²) in [6.07, 6.45) is 1.03. The van der Waals surface area contributed by atoms with Crippen molar-refractivity contribution in [1.82, 2.24) is 4.90 Å². The first kappa shape index (κ1) is 11.5. The number of rotatable bonds is 1. The summed E-state index contributed by atoms with van der Waals surface area (Å²) in [7, 11) is 2.13. The summed E-state index contributed by atoms with van der Waals surface area (Å²) in [6.45, 7) is 9.04. The first-order valence-electron chi connectivity index (χ1n) is 5.24. The molecule has 1 saturated heterocycles. The van der Waals surface area contributed by atoms with E-state index in [-0.39, 0.29) is 17.6 Å². The van der Waals surface area contributed by atoms with Gasteiger partial charge in [-0.1, -0.05) is 6.92 Å². The molecule has 0 radical (unpaired) electrons. The number of nitrogens with zero attached hydrogens (tertiary/aromatic N) is 1. The van der Waals surface area contributed by atoms with Crippen molar-refractivity contribution in [2.75, 3.05) is 13.6 Å². The Morgan fingerprint density at radius 2 is 2.07 bits per heavy atom. The van der Waals surface area contributed by atoms with Crippen molar-refractivity contribution in [1.29, 1.82) is 0 Å². The van der Waals surface area contributed by atoms with Gasteiger partial charge in [-0.05, 0) is 27.3 Å². The molecule has 2 atom stereocenters. The predicted octanol–water partition coefficient (Wildman–Crippen LogP) is 1.67. The lowest BCUT2D eigenvalue weighted by Gasteiger charge is -2.48. The van der Waals surface area contributed by atoms with Crippen molar-refractivity contribution in [3.8, 4) is 0 Å². The maximum absolute atomic E-state index is 10.9. The van der Waals surface area contributed by atoms with Crippen LogP contribution in [-0.2, 0) is 9.53 Å². The zero-order valence-electron chi connectivity index (χ0n) is 9.83. The van der Waals surface area contributed by atoms with Gasteiger partial charge in [-0.2, -0.15) is 0 Å². The third-order valence-corrected chi connectivity index (χ3v) is 3.72. The van der Waals surface area contributed by atoms with Crippen LogP contribution in [0, 0.1) is 5.92 Å². The Hall–Kier alpha value is -0.570. The van der Waals surface area contributed by atoms with E-state index < -0.39 is 0 Å². The van der Waals surface area contributed by atoms with E-state index in [1.807, 2.05) is 0 Å². The van der Waals surface area contributed by atoms with Crippen LogP contribution >= 0.6 is 0 Å². The molecular formula is C11H21NO2. The molecule has 0 saturated carbocycles. The Kier molecular flexibility index (Phi) is 3.20. The third-order valence-electron chi connectivity index (χ3n) is 3.72. The van der Waals surface area contributed by atoms with Gasteiger partial charge in [-0.3, -0.25) is 4.79 Å². The Balaban J connectivity index is 2.69. The van der Waals surface area contributed by atoms with Crippen molar-refractivity contribution >= 4 is 5.97 Å². The van der Waals surface area contributed by atoms with Gasteiger partial charge in [0.25, 0.3) is 0 Å². The molecule has 0 N–H and O–H groups in total. The van der Waals surface area contributed by atoms with Crippen LogP contribution in [0.3, 0.4) is 0 Å². The molecule has 1 rings (SSSR count). The molecule has 0 spiro atoms. The molecule has 0 bridgehead atoms. The van der Waals surface area contributed by atoms with Gasteiger partial charge in [-0.15, -0.1) is 0 Å². The molecule has 3 nitrogen and oxygen atoms in total. The second-order valence-electron chi connectivity index (χ2n) is 4.80. The molecule has 82 valence electrons. The van der Waals surface area contributed by atoms with Crippen LogP contribution in [0.2, 0.25) is 0 Å². The number of esters is 1. The van der Waals surface area contributed by atoms with E-state index in [0.717, 1.165) is 13.0 Å². The average molecular weight is 199 g/mol. The molecule has 0 aromatic rings. The fourth-order valence-corrected chi connectivity index (χ4v) is 2.04. The lowest BCUT2D eigenvalue weighted by molar-refractivity contribution is -0.156. The quantitative estimate of drug-likeness (QED) is 0.602. The number of carbonyl (C=O) groups excluding carboxylic acids is 1. The van der Waals surface area contributed by atoms with Crippen LogP contribution in [0.4, 0.5) is 0 Å². The van der Waals surface area contributed by atoms with Crippen LogP contribution in [0.1, 0.15) is 34.1 Å². The van der Waals surface area contributed by atoms with Gasteiger partial charge in [0.15, 0.2) is 0 Å². The third kappa shape index (κ3) is 2.08. The van der Waals surface area contributed by atoms with E-state index >= 15 is 0 Å². The fraction of sp³-hybridized carbons (Fsp3) is 0.909. The van der Waals surface area contributed by atoms with E-state index in [9.17, 15) is 4.79 Å². The minimum Gasteiger partial charge on any atom is -0.462 e. The Bertz CT molecular complexity index is 225. The Morgan fingerprint density at radius 1 is 1.50 bits per heavy atom. The highest BCUT2D eigenvalue weighted by Gasteiger charge is 2.40. The molecule has 0 aliphatic carbocycles. The predicted molar refractivity (Wildman–Crippen MR) is 56.0 cm³/mol. The summed E-state index contributed by atoms with van der Waals surface area (Å²) < 4.78 is 5.32. The zero-order chi connectivity index (χ0) is 10.9. The lowest BCUT2D eigenvalue weighted by atomic mass is 9.79. The monoisotopic (exact) mass is 199 g/mol. The fourth-order valence-electron chi connectivity index (χ4n) is 2.04. The highest BCUT2D eigenvalue weighted by atomic mass is 16.5. The summed E-state index contributed by atoms with van der Waals surface area (Å²) in [5, 5.41) is 0. The van der Waals surface area contributed by atoms with Crippen LogP contribution in [0.5, 0.6) is 0 Å². The topological polar surface area (TPSA) is 29.5 Å². The lowest BCUT2D eigenvalue weighted by Crippen LogP contribution is -2.56. The molecule has 3 heteroatoms. The van der Waals surface area contributed by atoms with Gasteiger partial charge in [-0.25, -0.2) is 0 Å². The normalized spacial score (nSPS) is 32.6. The molecule has 1 heterocycles. The summed E-state index contributed by atoms with van der Waals surface area (Å²) in [5.41, 5.74) is 0.109. The van der Waals surface area contributed by atoms with Crippen LogP contribution in [0.25, 0.3) is 0 Å². The van der Waals surface area contributed by atoms with Crippen molar-refractivity contribution in [2.24, 2.45) is 5.92 Å². The molecule has 0 aromatic carbocycles. The molecule has 14 heavy (non-hydrogen) atoms. The van der Waals surface area contributed by atoms with Crippen LogP contribution in [0.15, 0.2) is 0 Å². The SMILES string of the molecule is CC(=O)OC1CCN(C)C(C)(C)C1C. The van der Waals surface area contributed by atoms with Gasteiger partial charge in [0.05, 0.1) is 0 Å². The molecule has 0 aromatic heterocycles. The highest BCUT2D eigenvalue weighted by molar-refractivity contribution is 5.66. The van der Waals surface area contributed by atoms with Crippen LogP contribution in [-0.4, -0.2) is 36.1 Å². The van der Waals surface area contributed by atoms with Crippen molar-refractivity contribution in [2.45, 2.75) is 45.8 Å². The molecule has 2 unspecified atom stereocenters. The van der Waals surface area contributed by atoms with Crippen molar-refractivity contribution < 1.29 is 9.53 Å². The van der Waals surface area contributed by atoms with Crippen LogP contribution < -0.4 is 0 Å². The maximum atomic E-state index is 10.9. The molecule has 1 aliphatic heterocycles. The Labute approximate surface area is 86.4 Å². The number of hydrogen-bond acceptors (Lipinski definition) is 3. The minimum absolute atomic E-state index is 0.0821. The van der Waals surface area contributed by atoms with Crippen molar-refractivity contribution in [3.05, 3.63) is 0 Å². The number of ether oxygens (including phenoxy) is 1. The summed E-state index contributed by atoms with van der Waals surface area (Å²) >= 11 is 0. The number of likely N-dealkylation sites (tertiary alicyclic amines) is 1. The molecule has 0 amide bonds. The zero-order valence-corrected chi connectivity index (χ0v) is 9.83. The summed E-state index contributed by atoms with van der Waals surface area (Å²) in [6, 6.07) is 0. The first-order chi connectivity index (χ1) is 6.35. The van der Waals surface area contributed by atoms with Crippen molar-refractivity contribution in [3.63, 3.8) is 0 Å². The van der Waals surface area contributed by atoms with Gasteiger partial charge in [0.1, 0.15) is 6.10 Å². The maximum Gasteiger partial charge on any atom is 0.302 e. The second kappa shape index (κ2) is 3.89. The molecule has 1 aliphatic rings. The largest absolute Gasteiger partial charge is 0.462 e. The van der Waals surface area contributed by atoms with E-state index in [4.69, 9.17) is 4.74 Å². The van der Waals surface area contributed by atoms with E-state index in [1.54, 1.807) is 0 Å². The standard InChI is InChI=1S/C11H21NO2/c1-8-10(14-9(2)13)6-7-12(5)11(8,3)4/h8,10H,6-7H2,1-5H3. The average Bonchev–Trinajstić information content (AvgIpc) is 2.07. The number of hydrogen-bond donors (Lipinski definition) is 0.